The van der Waals surface area contributed by atoms with Crippen molar-refractivity contribution in [2.75, 3.05) is 0 Å². The minimum atomic E-state index is -0.0320. The number of rotatable bonds is 4. The molecule has 0 radical (unpaired) electrons. The van der Waals surface area contributed by atoms with Crippen LogP contribution in [0.3, 0.4) is 0 Å². The van der Waals surface area contributed by atoms with Gasteiger partial charge in [-0.05, 0) is 18.1 Å². The van der Waals surface area contributed by atoms with Crippen molar-refractivity contribution in [3.63, 3.8) is 0 Å². The number of fused-ring (bicyclic) bond motifs is 1. The summed E-state index contributed by atoms with van der Waals surface area (Å²) < 4.78 is 7.30. The molecule has 0 aliphatic carbocycles. The Morgan fingerprint density at radius 3 is 2.88 bits per heavy atom. The van der Waals surface area contributed by atoms with Crippen LogP contribution < -0.4 is 5.56 Å². The molecule has 4 rings (SSSR count). The lowest BCUT2D eigenvalue weighted by molar-refractivity contribution is 0.412. The molecule has 0 N–H and O–H groups in total. The summed E-state index contributed by atoms with van der Waals surface area (Å²) in [5.74, 6) is 0. The molecule has 0 bridgehead atoms. The highest BCUT2D eigenvalue weighted by atomic mass is 32.1. The monoisotopic (exact) mass is 337 g/mol. The zero-order chi connectivity index (χ0) is 16.5. The molecule has 120 valence electrons. The van der Waals surface area contributed by atoms with Crippen LogP contribution in [-0.2, 0) is 13.0 Å². The zero-order valence-electron chi connectivity index (χ0n) is 13.1. The quantitative estimate of drug-likeness (QED) is 0.569. The SMILES string of the molecule is CCc1nocc1Cn1cnc2cc(-c3ccccc3)sc2c1=O. The predicted octanol–water partition coefficient (Wildman–Crippen LogP) is 3.72. The van der Waals surface area contributed by atoms with E-state index >= 15 is 0 Å². The lowest BCUT2D eigenvalue weighted by Gasteiger charge is -2.03. The van der Waals surface area contributed by atoms with Gasteiger partial charge in [-0.15, -0.1) is 11.3 Å². The van der Waals surface area contributed by atoms with Gasteiger partial charge in [-0.2, -0.15) is 0 Å². The van der Waals surface area contributed by atoms with Crippen molar-refractivity contribution in [2.24, 2.45) is 0 Å². The van der Waals surface area contributed by atoms with E-state index in [-0.39, 0.29) is 5.56 Å². The molecule has 6 heteroatoms. The maximum Gasteiger partial charge on any atom is 0.271 e. The van der Waals surface area contributed by atoms with E-state index in [9.17, 15) is 4.79 Å². The molecule has 4 aromatic rings. The molecule has 0 aliphatic heterocycles. The highest BCUT2D eigenvalue weighted by Gasteiger charge is 2.12. The van der Waals surface area contributed by atoms with Crippen LogP contribution in [0.15, 0.2) is 58.3 Å². The fourth-order valence-corrected chi connectivity index (χ4v) is 3.75. The maximum absolute atomic E-state index is 12.8. The minimum Gasteiger partial charge on any atom is -0.364 e. The van der Waals surface area contributed by atoms with Crippen LogP contribution in [0, 0.1) is 0 Å². The summed E-state index contributed by atoms with van der Waals surface area (Å²) >= 11 is 1.48. The van der Waals surface area contributed by atoms with Crippen molar-refractivity contribution in [2.45, 2.75) is 19.9 Å². The Kier molecular flexibility index (Phi) is 3.74. The third-order valence-corrected chi connectivity index (χ3v) is 5.13. The first-order valence-electron chi connectivity index (χ1n) is 7.73. The highest BCUT2D eigenvalue weighted by molar-refractivity contribution is 7.22. The summed E-state index contributed by atoms with van der Waals surface area (Å²) in [4.78, 5) is 18.3. The van der Waals surface area contributed by atoms with E-state index in [1.54, 1.807) is 17.2 Å². The van der Waals surface area contributed by atoms with Gasteiger partial charge in [-0.1, -0.05) is 42.4 Å². The van der Waals surface area contributed by atoms with Crippen molar-refractivity contribution < 1.29 is 4.52 Å². The van der Waals surface area contributed by atoms with Crippen LogP contribution in [0.2, 0.25) is 0 Å². The summed E-state index contributed by atoms with van der Waals surface area (Å²) in [6.07, 6.45) is 3.96. The van der Waals surface area contributed by atoms with E-state index in [2.05, 4.69) is 10.1 Å². The molecule has 0 amide bonds. The Bertz CT molecular complexity index is 1050. The van der Waals surface area contributed by atoms with Crippen LogP contribution in [0.25, 0.3) is 20.7 Å². The largest absolute Gasteiger partial charge is 0.364 e. The first kappa shape index (κ1) is 14.8. The smallest absolute Gasteiger partial charge is 0.271 e. The highest BCUT2D eigenvalue weighted by Crippen LogP contribution is 2.30. The van der Waals surface area contributed by atoms with Gasteiger partial charge in [0.1, 0.15) is 11.0 Å². The molecule has 0 atom stereocenters. The number of aryl methyl sites for hydroxylation is 1. The Balaban J connectivity index is 1.77. The second kappa shape index (κ2) is 6.05. The van der Waals surface area contributed by atoms with Crippen LogP contribution in [0.4, 0.5) is 0 Å². The number of aromatic nitrogens is 3. The van der Waals surface area contributed by atoms with Crippen molar-refractivity contribution >= 4 is 21.6 Å². The second-order valence-corrected chi connectivity index (χ2v) is 6.56. The van der Waals surface area contributed by atoms with E-state index < -0.39 is 0 Å². The summed E-state index contributed by atoms with van der Waals surface area (Å²) in [5.41, 5.74) is 3.59. The molecule has 3 aromatic heterocycles. The molecule has 1 aromatic carbocycles. The van der Waals surface area contributed by atoms with Crippen molar-refractivity contribution in [3.8, 4) is 10.4 Å². The van der Waals surface area contributed by atoms with E-state index in [1.807, 2.05) is 43.3 Å². The number of hydrogen-bond acceptors (Lipinski definition) is 5. The summed E-state index contributed by atoms with van der Waals surface area (Å²) in [6, 6.07) is 12.0. The van der Waals surface area contributed by atoms with Crippen molar-refractivity contribution in [1.82, 2.24) is 14.7 Å². The molecule has 0 aliphatic rings. The number of benzene rings is 1. The molecule has 3 heterocycles. The summed E-state index contributed by atoms with van der Waals surface area (Å²) in [5, 5.41) is 3.96. The summed E-state index contributed by atoms with van der Waals surface area (Å²) in [7, 11) is 0. The van der Waals surface area contributed by atoms with E-state index in [4.69, 9.17) is 4.52 Å². The Morgan fingerprint density at radius 1 is 1.25 bits per heavy atom. The number of hydrogen-bond donors (Lipinski definition) is 0. The zero-order valence-corrected chi connectivity index (χ0v) is 13.9. The van der Waals surface area contributed by atoms with Gasteiger partial charge in [-0.25, -0.2) is 4.98 Å². The fourth-order valence-electron chi connectivity index (χ4n) is 2.69. The van der Waals surface area contributed by atoms with Crippen molar-refractivity contribution in [3.05, 3.63) is 70.6 Å². The lowest BCUT2D eigenvalue weighted by Crippen LogP contribution is -2.20. The van der Waals surface area contributed by atoms with Crippen LogP contribution in [0.1, 0.15) is 18.2 Å². The van der Waals surface area contributed by atoms with Crippen molar-refractivity contribution in [1.29, 1.82) is 0 Å². The molecular weight excluding hydrogens is 322 g/mol. The molecule has 0 saturated carbocycles. The predicted molar refractivity (Wildman–Crippen MR) is 94.3 cm³/mol. The third-order valence-electron chi connectivity index (χ3n) is 3.97. The third kappa shape index (κ3) is 2.55. The first-order valence-corrected chi connectivity index (χ1v) is 8.54. The number of thiophene rings is 1. The van der Waals surface area contributed by atoms with Gasteiger partial charge >= 0.3 is 0 Å². The van der Waals surface area contributed by atoms with Gasteiger partial charge in [-0.3, -0.25) is 9.36 Å². The molecule has 0 saturated heterocycles. The maximum atomic E-state index is 12.8. The fraction of sp³-hybridized carbons (Fsp3) is 0.167. The van der Waals surface area contributed by atoms with Gasteiger partial charge < -0.3 is 4.52 Å². The van der Waals surface area contributed by atoms with Gasteiger partial charge in [0.05, 0.1) is 24.1 Å². The van der Waals surface area contributed by atoms with Gasteiger partial charge in [0.2, 0.25) is 0 Å². The average molecular weight is 337 g/mol. The van der Waals surface area contributed by atoms with E-state index in [0.29, 0.717) is 11.2 Å². The Morgan fingerprint density at radius 2 is 2.08 bits per heavy atom. The van der Waals surface area contributed by atoms with Gasteiger partial charge in [0.25, 0.3) is 5.56 Å². The standard InChI is InChI=1S/C18H15N3O2S/c1-2-14-13(10-23-20-14)9-21-11-19-15-8-16(24-17(15)18(21)22)12-6-4-3-5-7-12/h3-8,10-11H,2,9H2,1H3. The molecule has 0 fully saturated rings. The molecule has 24 heavy (non-hydrogen) atoms. The average Bonchev–Trinajstić information content (AvgIpc) is 3.25. The van der Waals surface area contributed by atoms with Crippen LogP contribution >= 0.6 is 11.3 Å². The first-order chi connectivity index (χ1) is 11.8. The van der Waals surface area contributed by atoms with E-state index in [0.717, 1.165) is 33.6 Å². The molecule has 0 spiro atoms. The van der Waals surface area contributed by atoms with Crippen LogP contribution in [0.5, 0.6) is 0 Å². The summed E-state index contributed by atoms with van der Waals surface area (Å²) in [6.45, 7) is 2.43. The van der Waals surface area contributed by atoms with E-state index in [1.165, 1.54) is 11.3 Å². The second-order valence-electron chi connectivity index (χ2n) is 5.51. The van der Waals surface area contributed by atoms with Crippen LogP contribution in [-0.4, -0.2) is 14.7 Å². The molecular formula is C18H15N3O2S. The Hall–Kier alpha value is -2.73. The molecule has 0 unspecified atom stereocenters. The molecule has 5 nitrogen and oxygen atoms in total. The Labute approximate surface area is 142 Å². The number of nitrogens with zero attached hydrogens (tertiary/aromatic N) is 3. The normalized spacial score (nSPS) is 11.2. The van der Waals surface area contributed by atoms with Gasteiger partial charge in [0.15, 0.2) is 0 Å². The topological polar surface area (TPSA) is 60.9 Å². The lowest BCUT2D eigenvalue weighted by atomic mass is 10.2. The van der Waals surface area contributed by atoms with Gasteiger partial charge in [0, 0.05) is 10.4 Å². The minimum absolute atomic E-state index is 0.0320.